The lowest BCUT2D eigenvalue weighted by Gasteiger charge is -2.43. The number of nitrogens with zero attached hydrogens (tertiary/aromatic N) is 3. The highest BCUT2D eigenvalue weighted by atomic mass is 32.2. The maximum Gasteiger partial charge on any atom is 0.406 e. The molecule has 5 aliphatic rings. The Bertz CT molecular complexity index is 1050. The second-order valence-corrected chi connectivity index (χ2v) is 15.4. The van der Waals surface area contributed by atoms with Gasteiger partial charge in [-0.3, -0.25) is 9.59 Å². The van der Waals surface area contributed by atoms with E-state index in [4.69, 9.17) is 0 Å². The lowest BCUT2D eigenvalue weighted by molar-refractivity contribution is -0.172. The molecular formula is C28H46F3N5O4S. The van der Waals surface area contributed by atoms with Gasteiger partial charge in [0.1, 0.15) is 6.04 Å². The van der Waals surface area contributed by atoms with E-state index in [0.29, 0.717) is 83.6 Å². The SMILES string of the molecule is CC(=O)NC1CCC(S(=O)(=O)N2CCC(C3CCN4NC(C(F)(F)F)C(C(=O)N5CCC(C)CC5)C4C3)CC2)CC1. The van der Waals surface area contributed by atoms with Crippen LogP contribution in [0.5, 0.6) is 0 Å². The third-order valence-electron chi connectivity index (χ3n) is 10.5. The molecule has 9 nitrogen and oxygen atoms in total. The molecule has 0 aromatic heterocycles. The highest BCUT2D eigenvalue weighted by molar-refractivity contribution is 7.89. The minimum absolute atomic E-state index is 0.0340. The third kappa shape index (κ3) is 6.72. The number of carbonyl (C=O) groups is 2. The van der Waals surface area contributed by atoms with Crippen molar-refractivity contribution in [2.75, 3.05) is 32.7 Å². The average molecular weight is 606 g/mol. The molecule has 0 spiro atoms. The van der Waals surface area contributed by atoms with Gasteiger partial charge in [0.25, 0.3) is 0 Å². The number of halogens is 3. The van der Waals surface area contributed by atoms with Crippen LogP contribution in [0.2, 0.25) is 0 Å². The van der Waals surface area contributed by atoms with Gasteiger partial charge in [0, 0.05) is 51.7 Å². The number of carbonyl (C=O) groups excluding carboxylic acids is 2. The molecule has 0 bridgehead atoms. The van der Waals surface area contributed by atoms with Crippen molar-refractivity contribution in [2.45, 2.75) is 108 Å². The zero-order chi connectivity index (χ0) is 29.5. The Kier molecular flexibility index (Phi) is 9.28. The molecule has 1 aliphatic carbocycles. The number of amides is 2. The third-order valence-corrected chi connectivity index (χ3v) is 12.9. The van der Waals surface area contributed by atoms with Crippen LogP contribution < -0.4 is 10.7 Å². The molecule has 2 amide bonds. The van der Waals surface area contributed by atoms with Crippen LogP contribution in [0.3, 0.4) is 0 Å². The normalized spacial score (nSPS) is 35.3. The summed E-state index contributed by atoms with van der Waals surface area (Å²) in [5, 5.41) is 4.13. The number of alkyl halides is 3. The molecule has 5 fully saturated rings. The molecule has 4 aliphatic heterocycles. The number of hydrazine groups is 1. The molecule has 0 aromatic rings. The van der Waals surface area contributed by atoms with Crippen LogP contribution in [0.25, 0.3) is 0 Å². The number of piperidine rings is 3. The molecule has 5 rings (SSSR count). The van der Waals surface area contributed by atoms with Crippen LogP contribution in [0.15, 0.2) is 0 Å². The van der Waals surface area contributed by atoms with E-state index in [1.165, 1.54) is 6.92 Å². The standard InChI is InChI=1S/C28H46F3N5O4S/c1-18-7-12-34(13-8-18)27(38)25-24-17-21(11-16-36(24)33-26(25)28(29,30)31)20-9-14-35(15-10-20)41(39,40)23-5-3-22(4-6-23)32-19(2)37/h18,20-26,33H,3-17H2,1-2H3,(H,32,37). The molecule has 4 unspecified atom stereocenters. The second kappa shape index (κ2) is 12.3. The topological polar surface area (TPSA) is 102 Å². The Morgan fingerprint density at radius 1 is 0.854 bits per heavy atom. The summed E-state index contributed by atoms with van der Waals surface area (Å²) in [6.45, 7) is 5.93. The van der Waals surface area contributed by atoms with E-state index < -0.39 is 39.5 Å². The summed E-state index contributed by atoms with van der Waals surface area (Å²) in [6, 6.07) is -2.34. The fraction of sp³-hybridized carbons (Fsp3) is 0.929. The van der Waals surface area contributed by atoms with Crippen LogP contribution in [0.4, 0.5) is 13.2 Å². The zero-order valence-corrected chi connectivity index (χ0v) is 25.1. The monoisotopic (exact) mass is 605 g/mol. The van der Waals surface area contributed by atoms with E-state index >= 15 is 0 Å². The maximum absolute atomic E-state index is 14.1. The van der Waals surface area contributed by atoms with Crippen molar-refractivity contribution in [3.8, 4) is 0 Å². The number of sulfonamides is 1. The van der Waals surface area contributed by atoms with E-state index in [1.807, 2.05) is 0 Å². The molecule has 0 aromatic carbocycles. The van der Waals surface area contributed by atoms with Crippen molar-refractivity contribution >= 4 is 21.8 Å². The van der Waals surface area contributed by atoms with Gasteiger partial charge in [0.05, 0.1) is 11.2 Å². The van der Waals surface area contributed by atoms with Gasteiger partial charge in [-0.1, -0.05) is 6.92 Å². The van der Waals surface area contributed by atoms with Crippen LogP contribution in [0.1, 0.15) is 78.1 Å². The van der Waals surface area contributed by atoms with Gasteiger partial charge in [0.15, 0.2) is 0 Å². The number of nitrogens with one attached hydrogen (secondary N) is 2. The number of hydrogen-bond acceptors (Lipinski definition) is 6. The zero-order valence-electron chi connectivity index (χ0n) is 24.2. The molecule has 2 N–H and O–H groups in total. The molecule has 41 heavy (non-hydrogen) atoms. The summed E-state index contributed by atoms with van der Waals surface area (Å²) in [6.07, 6.45) is 2.14. The van der Waals surface area contributed by atoms with Gasteiger partial charge in [0.2, 0.25) is 21.8 Å². The second-order valence-electron chi connectivity index (χ2n) is 13.2. The van der Waals surface area contributed by atoms with Crippen molar-refractivity contribution in [3.63, 3.8) is 0 Å². The lowest BCUT2D eigenvalue weighted by Crippen LogP contribution is -2.52. The fourth-order valence-electron chi connectivity index (χ4n) is 8.06. The molecule has 4 saturated heterocycles. The van der Waals surface area contributed by atoms with E-state index in [9.17, 15) is 31.2 Å². The molecule has 4 heterocycles. The average Bonchev–Trinajstić information content (AvgIpc) is 3.33. The summed E-state index contributed by atoms with van der Waals surface area (Å²) in [5.74, 6) is -0.755. The minimum atomic E-state index is -4.52. The van der Waals surface area contributed by atoms with Crippen LogP contribution >= 0.6 is 0 Å². The van der Waals surface area contributed by atoms with Gasteiger partial charge in [-0.15, -0.1) is 0 Å². The van der Waals surface area contributed by atoms with Gasteiger partial charge in [-0.2, -0.15) is 13.2 Å². The first-order valence-corrected chi connectivity index (χ1v) is 17.0. The van der Waals surface area contributed by atoms with Crippen LogP contribution in [-0.4, -0.2) is 96.7 Å². The highest BCUT2D eigenvalue weighted by Crippen LogP contribution is 2.44. The fourth-order valence-corrected chi connectivity index (χ4v) is 10.1. The number of hydrogen-bond donors (Lipinski definition) is 2. The first-order chi connectivity index (χ1) is 19.3. The smallest absolute Gasteiger partial charge is 0.354 e. The molecule has 1 saturated carbocycles. The number of likely N-dealkylation sites (tertiary alicyclic amines) is 1. The van der Waals surface area contributed by atoms with E-state index in [2.05, 4.69) is 17.7 Å². The highest BCUT2D eigenvalue weighted by Gasteiger charge is 2.59. The molecular weight excluding hydrogens is 559 g/mol. The Morgan fingerprint density at radius 3 is 2.05 bits per heavy atom. The van der Waals surface area contributed by atoms with Crippen molar-refractivity contribution in [1.82, 2.24) is 25.0 Å². The summed E-state index contributed by atoms with van der Waals surface area (Å²) >= 11 is 0. The van der Waals surface area contributed by atoms with Gasteiger partial charge in [-0.25, -0.2) is 23.2 Å². The Hall–Kier alpha value is -1.44. The Labute approximate surface area is 241 Å². The Morgan fingerprint density at radius 2 is 1.46 bits per heavy atom. The molecule has 4 atom stereocenters. The molecule has 0 radical (unpaired) electrons. The first-order valence-electron chi connectivity index (χ1n) is 15.5. The first kappa shape index (κ1) is 31.0. The summed E-state index contributed by atoms with van der Waals surface area (Å²) < 4.78 is 70.8. The number of fused-ring (bicyclic) bond motifs is 1. The Balaban J connectivity index is 1.19. The largest absolute Gasteiger partial charge is 0.406 e. The van der Waals surface area contributed by atoms with Crippen LogP contribution in [0, 0.1) is 23.7 Å². The van der Waals surface area contributed by atoms with Gasteiger partial charge >= 0.3 is 6.18 Å². The summed E-state index contributed by atoms with van der Waals surface area (Å²) in [7, 11) is -3.44. The van der Waals surface area contributed by atoms with E-state index in [1.54, 1.807) is 14.2 Å². The quantitative estimate of drug-likeness (QED) is 0.500. The minimum Gasteiger partial charge on any atom is -0.354 e. The lowest BCUT2D eigenvalue weighted by atomic mass is 9.74. The van der Waals surface area contributed by atoms with E-state index in [0.717, 1.165) is 19.3 Å². The van der Waals surface area contributed by atoms with Crippen molar-refractivity contribution in [2.24, 2.45) is 23.7 Å². The summed E-state index contributed by atoms with van der Waals surface area (Å²) in [5.41, 5.74) is 2.66. The predicted molar refractivity (Wildman–Crippen MR) is 148 cm³/mol. The van der Waals surface area contributed by atoms with Crippen molar-refractivity contribution in [1.29, 1.82) is 0 Å². The van der Waals surface area contributed by atoms with Gasteiger partial charge in [-0.05, 0) is 82.0 Å². The molecule has 234 valence electrons. The van der Waals surface area contributed by atoms with Crippen molar-refractivity contribution < 1.29 is 31.2 Å². The van der Waals surface area contributed by atoms with Gasteiger partial charge < -0.3 is 10.2 Å². The number of rotatable bonds is 5. The van der Waals surface area contributed by atoms with Crippen molar-refractivity contribution in [3.05, 3.63) is 0 Å². The summed E-state index contributed by atoms with van der Waals surface area (Å²) in [4.78, 5) is 26.5. The molecule has 13 heteroatoms. The van der Waals surface area contributed by atoms with Crippen LogP contribution in [-0.2, 0) is 19.6 Å². The predicted octanol–water partition coefficient (Wildman–Crippen LogP) is 2.88. The maximum atomic E-state index is 14.1. The van der Waals surface area contributed by atoms with E-state index in [-0.39, 0.29) is 29.7 Å².